The van der Waals surface area contributed by atoms with E-state index in [9.17, 15) is 4.79 Å². The Kier molecular flexibility index (Phi) is 2.86. The highest BCUT2D eigenvalue weighted by Gasteiger charge is 2.43. The first-order valence-corrected chi connectivity index (χ1v) is 5.48. The molecule has 1 aliphatic rings. The van der Waals surface area contributed by atoms with Gasteiger partial charge in [-0.15, -0.1) is 0 Å². The van der Waals surface area contributed by atoms with E-state index in [1.165, 1.54) is 5.56 Å². The fourth-order valence-electron chi connectivity index (χ4n) is 2.13. The third-order valence-corrected chi connectivity index (χ3v) is 3.16. The molecule has 0 bridgehead atoms. The fourth-order valence-corrected chi connectivity index (χ4v) is 2.13. The lowest BCUT2D eigenvalue weighted by Crippen LogP contribution is -2.02. The van der Waals surface area contributed by atoms with Crippen LogP contribution in [0.4, 0.5) is 0 Å². The van der Waals surface area contributed by atoms with Crippen molar-refractivity contribution in [3.63, 3.8) is 0 Å². The van der Waals surface area contributed by atoms with Crippen LogP contribution < -0.4 is 4.74 Å². The van der Waals surface area contributed by atoms with E-state index in [-0.39, 0.29) is 11.8 Å². The summed E-state index contributed by atoms with van der Waals surface area (Å²) in [6, 6.07) is 6.03. The lowest BCUT2D eigenvalue weighted by molar-refractivity contribution is -0.138. The molecule has 0 heterocycles. The molecule has 1 saturated carbocycles. The van der Waals surface area contributed by atoms with Crippen LogP contribution in [-0.2, 0) is 11.2 Å². The molecule has 2 rings (SSSR count). The molecule has 16 heavy (non-hydrogen) atoms. The normalized spacial score (nSPS) is 22.9. The molecule has 0 saturated heterocycles. The van der Waals surface area contributed by atoms with E-state index in [1.54, 1.807) is 7.11 Å². The van der Waals surface area contributed by atoms with E-state index in [0.717, 1.165) is 24.2 Å². The Hall–Kier alpha value is -1.51. The number of methoxy groups -OCH3 is 1. The molecule has 2 atom stereocenters. The van der Waals surface area contributed by atoms with E-state index >= 15 is 0 Å². The van der Waals surface area contributed by atoms with Crippen molar-refractivity contribution in [3.05, 3.63) is 29.3 Å². The van der Waals surface area contributed by atoms with Crippen molar-refractivity contribution in [2.45, 2.75) is 19.8 Å². The van der Waals surface area contributed by atoms with Gasteiger partial charge in [0.2, 0.25) is 0 Å². The third-order valence-electron chi connectivity index (χ3n) is 3.16. The lowest BCUT2D eigenvalue weighted by atomic mass is 10.0. The number of hydrogen-bond acceptors (Lipinski definition) is 2. The Labute approximate surface area is 95.0 Å². The summed E-state index contributed by atoms with van der Waals surface area (Å²) in [4.78, 5) is 10.8. The molecule has 1 N–H and O–H groups in total. The zero-order chi connectivity index (χ0) is 11.7. The van der Waals surface area contributed by atoms with E-state index in [0.29, 0.717) is 0 Å². The van der Waals surface area contributed by atoms with E-state index in [1.807, 2.05) is 19.1 Å². The zero-order valence-electron chi connectivity index (χ0n) is 9.56. The molecule has 3 heteroatoms. The summed E-state index contributed by atoms with van der Waals surface area (Å²) < 4.78 is 5.28. The second kappa shape index (κ2) is 4.16. The molecule has 1 aliphatic carbocycles. The lowest BCUT2D eigenvalue weighted by Gasteiger charge is -2.08. The Bertz CT molecular complexity index is 412. The van der Waals surface area contributed by atoms with Crippen LogP contribution in [0.5, 0.6) is 5.75 Å². The Morgan fingerprint density at radius 1 is 1.56 bits per heavy atom. The van der Waals surface area contributed by atoms with Crippen molar-refractivity contribution in [1.29, 1.82) is 0 Å². The third kappa shape index (κ3) is 2.18. The highest BCUT2D eigenvalue weighted by Crippen LogP contribution is 2.42. The summed E-state index contributed by atoms with van der Waals surface area (Å²) in [5, 5.41) is 8.85. The van der Waals surface area contributed by atoms with Crippen molar-refractivity contribution >= 4 is 5.97 Å². The SMILES string of the molecule is COc1ccc(C)cc1CC1CC1C(=O)O. The second-order valence-corrected chi connectivity index (χ2v) is 4.46. The zero-order valence-corrected chi connectivity index (χ0v) is 9.56. The maximum atomic E-state index is 10.8. The fraction of sp³-hybridized carbons (Fsp3) is 0.462. The number of ether oxygens (including phenoxy) is 1. The van der Waals surface area contributed by atoms with Gasteiger partial charge in [0.15, 0.2) is 0 Å². The van der Waals surface area contributed by atoms with E-state index in [4.69, 9.17) is 9.84 Å². The van der Waals surface area contributed by atoms with Gasteiger partial charge in [0.25, 0.3) is 0 Å². The maximum absolute atomic E-state index is 10.8. The minimum atomic E-state index is -0.670. The van der Waals surface area contributed by atoms with Crippen molar-refractivity contribution in [2.75, 3.05) is 7.11 Å². The highest BCUT2D eigenvalue weighted by molar-refractivity contribution is 5.73. The first-order chi connectivity index (χ1) is 7.61. The molecule has 0 aliphatic heterocycles. The van der Waals surface area contributed by atoms with Crippen LogP contribution in [0.2, 0.25) is 0 Å². The summed E-state index contributed by atoms with van der Waals surface area (Å²) in [6.07, 6.45) is 1.61. The smallest absolute Gasteiger partial charge is 0.306 e. The van der Waals surface area contributed by atoms with Gasteiger partial charge in [-0.25, -0.2) is 0 Å². The van der Waals surface area contributed by atoms with Gasteiger partial charge in [-0.05, 0) is 37.3 Å². The number of carboxylic acids is 1. The van der Waals surface area contributed by atoms with Gasteiger partial charge in [-0.1, -0.05) is 17.7 Å². The minimum absolute atomic E-state index is 0.148. The number of rotatable bonds is 4. The van der Waals surface area contributed by atoms with Gasteiger partial charge in [0, 0.05) is 0 Å². The molecule has 1 fully saturated rings. The molecular weight excluding hydrogens is 204 g/mol. The van der Waals surface area contributed by atoms with Crippen LogP contribution in [0, 0.1) is 18.8 Å². The van der Waals surface area contributed by atoms with Crippen molar-refractivity contribution in [1.82, 2.24) is 0 Å². The average Bonchev–Trinajstić information content (AvgIpc) is 2.98. The average molecular weight is 220 g/mol. The molecular formula is C13H16O3. The van der Waals surface area contributed by atoms with Crippen LogP contribution >= 0.6 is 0 Å². The molecule has 86 valence electrons. The summed E-state index contributed by atoms with van der Waals surface area (Å²) in [5.74, 6) is 0.330. The number of carbonyl (C=O) groups is 1. The summed E-state index contributed by atoms with van der Waals surface area (Å²) in [6.45, 7) is 2.03. The Morgan fingerprint density at radius 2 is 2.31 bits per heavy atom. The Morgan fingerprint density at radius 3 is 2.88 bits per heavy atom. The quantitative estimate of drug-likeness (QED) is 0.846. The van der Waals surface area contributed by atoms with Gasteiger partial charge in [-0.2, -0.15) is 0 Å². The molecule has 2 unspecified atom stereocenters. The van der Waals surface area contributed by atoms with Crippen LogP contribution in [0.25, 0.3) is 0 Å². The van der Waals surface area contributed by atoms with Gasteiger partial charge in [-0.3, -0.25) is 4.79 Å². The highest BCUT2D eigenvalue weighted by atomic mass is 16.5. The molecule has 1 aromatic carbocycles. The summed E-state index contributed by atoms with van der Waals surface area (Å²) in [5.41, 5.74) is 2.31. The Balaban J connectivity index is 2.09. The largest absolute Gasteiger partial charge is 0.496 e. The molecule has 0 radical (unpaired) electrons. The first-order valence-electron chi connectivity index (χ1n) is 5.48. The number of aliphatic carboxylic acids is 1. The number of benzene rings is 1. The molecule has 3 nitrogen and oxygen atoms in total. The van der Waals surface area contributed by atoms with Crippen molar-refractivity contribution in [3.8, 4) is 5.75 Å². The molecule has 1 aromatic rings. The second-order valence-electron chi connectivity index (χ2n) is 4.46. The number of aryl methyl sites for hydroxylation is 1. The summed E-state index contributed by atoms with van der Waals surface area (Å²) >= 11 is 0. The van der Waals surface area contributed by atoms with E-state index < -0.39 is 5.97 Å². The van der Waals surface area contributed by atoms with Crippen LogP contribution in [0.15, 0.2) is 18.2 Å². The first kappa shape index (κ1) is 11.0. The molecule has 0 spiro atoms. The van der Waals surface area contributed by atoms with Gasteiger partial charge in [0.1, 0.15) is 5.75 Å². The van der Waals surface area contributed by atoms with Gasteiger partial charge >= 0.3 is 5.97 Å². The van der Waals surface area contributed by atoms with Crippen molar-refractivity contribution in [2.24, 2.45) is 11.8 Å². The van der Waals surface area contributed by atoms with E-state index in [2.05, 4.69) is 6.07 Å². The van der Waals surface area contributed by atoms with Gasteiger partial charge in [0.05, 0.1) is 13.0 Å². The van der Waals surface area contributed by atoms with Gasteiger partial charge < -0.3 is 9.84 Å². The predicted octanol–water partition coefficient (Wildman–Crippen LogP) is 2.27. The maximum Gasteiger partial charge on any atom is 0.306 e. The standard InChI is InChI=1S/C13H16O3/c1-8-3-4-12(16-2)10(5-8)6-9-7-11(9)13(14)15/h3-5,9,11H,6-7H2,1-2H3,(H,14,15). The minimum Gasteiger partial charge on any atom is -0.496 e. The monoisotopic (exact) mass is 220 g/mol. The van der Waals surface area contributed by atoms with Crippen LogP contribution in [0.1, 0.15) is 17.5 Å². The molecule has 0 aromatic heterocycles. The van der Waals surface area contributed by atoms with Crippen LogP contribution in [0.3, 0.4) is 0 Å². The van der Waals surface area contributed by atoms with Crippen LogP contribution in [-0.4, -0.2) is 18.2 Å². The number of hydrogen-bond donors (Lipinski definition) is 1. The number of carboxylic acid groups (broad SMARTS) is 1. The molecule has 0 amide bonds. The summed E-state index contributed by atoms with van der Waals surface area (Å²) in [7, 11) is 1.65. The topological polar surface area (TPSA) is 46.5 Å². The van der Waals surface area contributed by atoms with Crippen molar-refractivity contribution < 1.29 is 14.6 Å². The predicted molar refractivity (Wildman–Crippen MR) is 60.7 cm³/mol.